The Labute approximate surface area is 153 Å². The van der Waals surface area contributed by atoms with Gasteiger partial charge in [0.2, 0.25) is 15.9 Å². The van der Waals surface area contributed by atoms with Crippen LogP contribution in [-0.2, 0) is 14.8 Å². The third kappa shape index (κ3) is 5.69. The summed E-state index contributed by atoms with van der Waals surface area (Å²) in [6.45, 7) is 7.84. The van der Waals surface area contributed by atoms with Crippen LogP contribution < -0.4 is 10.9 Å². The molecule has 7 nitrogen and oxygen atoms in total. The number of hydrazine groups is 1. The molecule has 25 heavy (non-hydrogen) atoms. The highest BCUT2D eigenvalue weighted by atomic mass is 35.5. The smallest absolute Gasteiger partial charge is 0.271 e. The van der Waals surface area contributed by atoms with Gasteiger partial charge < -0.3 is 0 Å². The van der Waals surface area contributed by atoms with Crippen molar-refractivity contribution in [2.24, 2.45) is 5.92 Å². The van der Waals surface area contributed by atoms with Gasteiger partial charge in [-0.25, -0.2) is 8.42 Å². The molecule has 0 unspecified atom stereocenters. The molecule has 0 atom stereocenters. The van der Waals surface area contributed by atoms with E-state index in [4.69, 9.17) is 11.6 Å². The van der Waals surface area contributed by atoms with Crippen LogP contribution in [0.2, 0.25) is 5.02 Å². The predicted octanol–water partition coefficient (Wildman–Crippen LogP) is 2.18. The van der Waals surface area contributed by atoms with Crippen LogP contribution in [0.1, 0.15) is 44.5 Å². The van der Waals surface area contributed by atoms with E-state index >= 15 is 0 Å². The minimum absolute atomic E-state index is 0.0280. The third-order valence-corrected chi connectivity index (χ3v) is 5.81. The Balaban J connectivity index is 3.02. The highest BCUT2D eigenvalue weighted by Crippen LogP contribution is 2.23. The number of rotatable bonds is 7. The van der Waals surface area contributed by atoms with Crippen molar-refractivity contribution in [3.8, 4) is 0 Å². The maximum absolute atomic E-state index is 12.5. The van der Waals surface area contributed by atoms with Crippen molar-refractivity contribution in [2.45, 2.75) is 39.0 Å². The molecular weight excluding hydrogens is 366 g/mol. The van der Waals surface area contributed by atoms with E-state index in [2.05, 4.69) is 10.9 Å². The summed E-state index contributed by atoms with van der Waals surface area (Å²) in [7, 11) is -3.71. The highest BCUT2D eigenvalue weighted by Gasteiger charge is 2.24. The second-order valence-corrected chi connectivity index (χ2v) is 8.18. The summed E-state index contributed by atoms with van der Waals surface area (Å²) in [6, 6.07) is 3.91. The Morgan fingerprint density at radius 1 is 1.16 bits per heavy atom. The monoisotopic (exact) mass is 389 g/mol. The second kappa shape index (κ2) is 9.17. The Kier molecular flexibility index (Phi) is 7.85. The number of halogens is 1. The number of hydrogen-bond acceptors (Lipinski definition) is 4. The summed E-state index contributed by atoms with van der Waals surface area (Å²) in [6.07, 6.45) is 0.254. The lowest BCUT2D eigenvalue weighted by molar-refractivity contribution is -0.122. The molecular formula is C16H24ClN3O4S. The molecule has 0 radical (unpaired) electrons. The predicted molar refractivity (Wildman–Crippen MR) is 96.6 cm³/mol. The third-order valence-electron chi connectivity index (χ3n) is 3.43. The van der Waals surface area contributed by atoms with Crippen LogP contribution >= 0.6 is 11.6 Å². The van der Waals surface area contributed by atoms with Gasteiger partial charge in [0.25, 0.3) is 5.91 Å². The van der Waals surface area contributed by atoms with Gasteiger partial charge >= 0.3 is 0 Å². The van der Waals surface area contributed by atoms with Crippen molar-refractivity contribution in [1.29, 1.82) is 0 Å². The van der Waals surface area contributed by atoms with Crippen molar-refractivity contribution in [2.75, 3.05) is 13.1 Å². The van der Waals surface area contributed by atoms with Crippen LogP contribution in [0.15, 0.2) is 23.1 Å². The molecule has 1 aromatic rings. The first-order chi connectivity index (χ1) is 11.6. The zero-order valence-electron chi connectivity index (χ0n) is 14.8. The second-order valence-electron chi connectivity index (χ2n) is 5.83. The molecule has 0 saturated carbocycles. The number of nitrogens with zero attached hydrogens (tertiary/aromatic N) is 1. The number of sulfonamides is 1. The molecule has 1 rings (SSSR count). The van der Waals surface area contributed by atoms with E-state index in [9.17, 15) is 18.0 Å². The van der Waals surface area contributed by atoms with Crippen LogP contribution in [0.3, 0.4) is 0 Å². The molecule has 2 amide bonds. The Morgan fingerprint density at radius 3 is 2.28 bits per heavy atom. The van der Waals surface area contributed by atoms with Gasteiger partial charge in [-0.15, -0.1) is 0 Å². The Hall–Kier alpha value is -1.64. The van der Waals surface area contributed by atoms with Crippen molar-refractivity contribution in [3.63, 3.8) is 0 Å². The fraction of sp³-hybridized carbons (Fsp3) is 0.500. The summed E-state index contributed by atoms with van der Waals surface area (Å²) >= 11 is 6.01. The van der Waals surface area contributed by atoms with Crippen LogP contribution in [0, 0.1) is 5.92 Å². The van der Waals surface area contributed by atoms with Crippen molar-refractivity contribution >= 4 is 33.4 Å². The number of nitrogens with one attached hydrogen (secondary N) is 2. The van der Waals surface area contributed by atoms with Gasteiger partial charge in [0.1, 0.15) is 0 Å². The maximum atomic E-state index is 12.5. The lowest BCUT2D eigenvalue weighted by Crippen LogP contribution is -2.42. The fourth-order valence-corrected chi connectivity index (χ4v) is 3.86. The summed E-state index contributed by atoms with van der Waals surface area (Å²) in [4.78, 5) is 23.8. The first kappa shape index (κ1) is 21.4. The van der Waals surface area contributed by atoms with Gasteiger partial charge in [0.15, 0.2) is 0 Å². The van der Waals surface area contributed by atoms with Gasteiger partial charge in [-0.2, -0.15) is 4.31 Å². The van der Waals surface area contributed by atoms with Gasteiger partial charge in [0.05, 0.1) is 15.5 Å². The first-order valence-corrected chi connectivity index (χ1v) is 9.84. The maximum Gasteiger partial charge on any atom is 0.271 e. The van der Waals surface area contributed by atoms with Crippen molar-refractivity contribution in [3.05, 3.63) is 28.8 Å². The van der Waals surface area contributed by atoms with Crippen molar-refractivity contribution in [1.82, 2.24) is 15.2 Å². The lowest BCUT2D eigenvalue weighted by Gasteiger charge is -2.19. The number of carbonyl (C=O) groups excluding carboxylic acids is 2. The minimum atomic E-state index is -3.71. The molecule has 0 heterocycles. The average molecular weight is 390 g/mol. The molecule has 0 aliphatic rings. The SMILES string of the molecule is CCN(CC)S(=O)(=O)c1ccc(Cl)c(C(=O)NNC(=O)CC(C)C)c1. The number of benzene rings is 1. The minimum Gasteiger partial charge on any atom is -0.273 e. The molecule has 9 heteroatoms. The Bertz CT molecular complexity index is 731. The molecule has 0 bridgehead atoms. The summed E-state index contributed by atoms with van der Waals surface area (Å²) < 4.78 is 26.4. The molecule has 140 valence electrons. The van der Waals surface area contributed by atoms with Crippen molar-refractivity contribution < 1.29 is 18.0 Å². The highest BCUT2D eigenvalue weighted by molar-refractivity contribution is 7.89. The summed E-state index contributed by atoms with van der Waals surface area (Å²) in [5.41, 5.74) is 4.51. The summed E-state index contributed by atoms with van der Waals surface area (Å²) in [5.74, 6) is -0.881. The average Bonchev–Trinajstić information content (AvgIpc) is 2.53. The molecule has 2 N–H and O–H groups in total. The van der Waals surface area contributed by atoms with Gasteiger partial charge in [0, 0.05) is 19.5 Å². The van der Waals surface area contributed by atoms with Crippen LogP contribution in [-0.4, -0.2) is 37.6 Å². The van der Waals surface area contributed by atoms with Crippen LogP contribution in [0.4, 0.5) is 0 Å². The molecule has 0 spiro atoms. The van der Waals surface area contributed by atoms with E-state index < -0.39 is 15.9 Å². The lowest BCUT2D eigenvalue weighted by atomic mass is 10.1. The van der Waals surface area contributed by atoms with E-state index in [0.717, 1.165) is 0 Å². The number of amides is 2. The van der Waals surface area contributed by atoms with Crippen LogP contribution in [0.25, 0.3) is 0 Å². The van der Waals surface area contributed by atoms with Gasteiger partial charge in [-0.05, 0) is 24.1 Å². The molecule has 0 aliphatic carbocycles. The van der Waals surface area contributed by atoms with Gasteiger partial charge in [-0.1, -0.05) is 39.3 Å². The van der Waals surface area contributed by atoms with Crippen LogP contribution in [0.5, 0.6) is 0 Å². The number of hydrogen-bond donors (Lipinski definition) is 2. The van der Waals surface area contributed by atoms with E-state index in [-0.39, 0.29) is 33.7 Å². The molecule has 0 aromatic heterocycles. The van der Waals surface area contributed by atoms with E-state index in [0.29, 0.717) is 13.1 Å². The normalized spacial score (nSPS) is 11.6. The van der Waals surface area contributed by atoms with E-state index in [1.807, 2.05) is 13.8 Å². The topological polar surface area (TPSA) is 95.6 Å². The van der Waals surface area contributed by atoms with Gasteiger partial charge in [-0.3, -0.25) is 20.4 Å². The zero-order chi connectivity index (χ0) is 19.2. The van der Waals surface area contributed by atoms with E-state index in [1.54, 1.807) is 13.8 Å². The molecule has 0 aliphatic heterocycles. The quantitative estimate of drug-likeness (QED) is 0.698. The standard InChI is InChI=1S/C16H24ClN3O4S/c1-5-20(6-2)25(23,24)12-7-8-14(17)13(10-12)16(22)19-18-15(21)9-11(3)4/h7-8,10-11H,5-6,9H2,1-4H3,(H,18,21)(H,19,22). The zero-order valence-corrected chi connectivity index (χ0v) is 16.4. The largest absolute Gasteiger partial charge is 0.273 e. The summed E-state index contributed by atoms with van der Waals surface area (Å²) in [5, 5.41) is 0.0918. The van der Waals surface area contributed by atoms with E-state index in [1.165, 1.54) is 22.5 Å². The fourth-order valence-electron chi connectivity index (χ4n) is 2.17. The molecule has 0 fully saturated rings. The first-order valence-electron chi connectivity index (χ1n) is 8.02. The molecule has 0 saturated heterocycles. The Morgan fingerprint density at radius 2 is 1.76 bits per heavy atom. The molecule has 1 aromatic carbocycles. The number of carbonyl (C=O) groups is 2.